The van der Waals surface area contributed by atoms with Gasteiger partial charge in [-0.25, -0.2) is 4.98 Å². The Bertz CT molecular complexity index is 874. The van der Waals surface area contributed by atoms with Crippen molar-refractivity contribution in [2.45, 2.75) is 12.8 Å². The number of hydrogen-bond acceptors (Lipinski definition) is 4. The third kappa shape index (κ3) is 4.26. The van der Waals surface area contributed by atoms with Crippen molar-refractivity contribution in [1.29, 1.82) is 0 Å². The second kappa shape index (κ2) is 8.46. The molecule has 1 atom stereocenters. The van der Waals surface area contributed by atoms with Gasteiger partial charge in [0.25, 0.3) is 0 Å². The summed E-state index contributed by atoms with van der Waals surface area (Å²) in [7, 11) is 0. The zero-order valence-corrected chi connectivity index (χ0v) is 15.9. The first-order chi connectivity index (χ1) is 13.3. The van der Waals surface area contributed by atoms with E-state index in [2.05, 4.69) is 12.1 Å². The van der Waals surface area contributed by atoms with E-state index < -0.39 is 0 Å². The van der Waals surface area contributed by atoms with Crippen molar-refractivity contribution in [1.82, 2.24) is 4.98 Å². The van der Waals surface area contributed by atoms with E-state index in [9.17, 15) is 4.79 Å². The number of amides is 1. The minimum Gasteiger partial charge on any atom is -0.381 e. The van der Waals surface area contributed by atoms with Crippen LogP contribution >= 0.6 is 11.3 Å². The highest BCUT2D eigenvalue weighted by molar-refractivity contribution is 7.14. The van der Waals surface area contributed by atoms with Crippen LogP contribution in [0.15, 0.2) is 66.0 Å². The molecule has 0 radical (unpaired) electrons. The number of nitrogens with zero attached hydrogens (tertiary/aromatic N) is 2. The van der Waals surface area contributed by atoms with Crippen molar-refractivity contribution in [2.24, 2.45) is 5.92 Å². The molecule has 0 N–H and O–H groups in total. The number of benzene rings is 2. The van der Waals surface area contributed by atoms with Gasteiger partial charge in [0, 0.05) is 24.1 Å². The number of aromatic nitrogens is 1. The molecule has 1 aliphatic rings. The van der Waals surface area contributed by atoms with Gasteiger partial charge in [-0.05, 0) is 18.4 Å². The average molecular weight is 378 g/mol. The van der Waals surface area contributed by atoms with E-state index in [1.165, 1.54) is 16.9 Å². The lowest BCUT2D eigenvalue weighted by Gasteiger charge is -2.22. The number of rotatable bonds is 6. The molecule has 0 saturated carbocycles. The molecular formula is C22H22N2O2S. The molecule has 1 aliphatic heterocycles. The number of anilines is 1. The molecule has 1 amide bonds. The number of hydrogen-bond donors (Lipinski definition) is 0. The van der Waals surface area contributed by atoms with Crippen LogP contribution in [0.4, 0.5) is 5.13 Å². The summed E-state index contributed by atoms with van der Waals surface area (Å²) in [4.78, 5) is 19.7. The molecule has 0 spiro atoms. The summed E-state index contributed by atoms with van der Waals surface area (Å²) in [6.07, 6.45) is 1.60. The molecule has 0 bridgehead atoms. The minimum absolute atomic E-state index is 0.0650. The summed E-state index contributed by atoms with van der Waals surface area (Å²) < 4.78 is 5.44. The summed E-state index contributed by atoms with van der Waals surface area (Å²) >= 11 is 1.53. The van der Waals surface area contributed by atoms with Gasteiger partial charge in [-0.2, -0.15) is 0 Å². The lowest BCUT2D eigenvalue weighted by atomic mass is 10.1. The van der Waals surface area contributed by atoms with Crippen LogP contribution in [-0.4, -0.2) is 30.6 Å². The lowest BCUT2D eigenvalue weighted by Crippen LogP contribution is -2.38. The normalized spacial score (nSPS) is 16.4. The van der Waals surface area contributed by atoms with E-state index in [0.29, 0.717) is 19.8 Å². The maximum absolute atomic E-state index is 13.1. The number of thiazole rings is 1. The van der Waals surface area contributed by atoms with Crippen molar-refractivity contribution < 1.29 is 9.53 Å². The van der Waals surface area contributed by atoms with Gasteiger partial charge >= 0.3 is 0 Å². The minimum atomic E-state index is -0.0650. The van der Waals surface area contributed by atoms with Gasteiger partial charge in [-0.1, -0.05) is 60.7 Å². The molecular weight excluding hydrogens is 356 g/mol. The van der Waals surface area contributed by atoms with Gasteiger partial charge in [-0.15, -0.1) is 11.3 Å². The van der Waals surface area contributed by atoms with Gasteiger partial charge < -0.3 is 4.74 Å². The van der Waals surface area contributed by atoms with Crippen LogP contribution in [0.1, 0.15) is 12.0 Å². The Labute approximate surface area is 163 Å². The molecule has 5 heteroatoms. The second-order valence-electron chi connectivity index (χ2n) is 6.67. The summed E-state index contributed by atoms with van der Waals surface area (Å²) in [5.74, 6) is 0.0576. The van der Waals surface area contributed by atoms with Crippen molar-refractivity contribution in [3.8, 4) is 11.3 Å². The topological polar surface area (TPSA) is 42.4 Å². The molecule has 138 valence electrons. The van der Waals surface area contributed by atoms with Crippen molar-refractivity contribution in [3.63, 3.8) is 0 Å². The van der Waals surface area contributed by atoms with Crippen LogP contribution in [-0.2, 0) is 16.0 Å². The molecule has 2 aromatic carbocycles. The zero-order chi connectivity index (χ0) is 18.5. The van der Waals surface area contributed by atoms with Crippen LogP contribution in [0, 0.1) is 5.92 Å². The maximum Gasteiger partial charge on any atom is 0.234 e. The highest BCUT2D eigenvalue weighted by Gasteiger charge is 2.30. The SMILES string of the molecule is O=C(C1CCOC1)N(CCc1ccccc1)c1nc(-c2ccccc2)cs1. The van der Waals surface area contributed by atoms with Gasteiger partial charge in [0.2, 0.25) is 5.91 Å². The molecule has 4 rings (SSSR count). The summed E-state index contributed by atoms with van der Waals surface area (Å²) in [5, 5.41) is 2.79. The predicted molar refractivity (Wildman–Crippen MR) is 109 cm³/mol. The molecule has 4 nitrogen and oxygen atoms in total. The van der Waals surface area contributed by atoms with E-state index in [0.717, 1.165) is 29.2 Å². The first kappa shape index (κ1) is 17.9. The van der Waals surface area contributed by atoms with Crippen molar-refractivity contribution in [3.05, 3.63) is 71.6 Å². The van der Waals surface area contributed by atoms with E-state index in [-0.39, 0.29) is 11.8 Å². The quantitative estimate of drug-likeness (QED) is 0.638. The molecule has 3 aromatic rings. The van der Waals surface area contributed by atoms with Crippen LogP contribution in [0.2, 0.25) is 0 Å². The Hall–Kier alpha value is -2.50. The molecule has 1 fully saturated rings. The molecule has 1 unspecified atom stereocenters. The third-order valence-corrected chi connectivity index (χ3v) is 5.67. The Morgan fingerprint density at radius 3 is 2.56 bits per heavy atom. The van der Waals surface area contributed by atoms with Crippen LogP contribution in [0.3, 0.4) is 0 Å². The van der Waals surface area contributed by atoms with Crippen LogP contribution in [0.25, 0.3) is 11.3 Å². The zero-order valence-electron chi connectivity index (χ0n) is 15.1. The Kier molecular flexibility index (Phi) is 5.61. The van der Waals surface area contributed by atoms with Crippen LogP contribution in [0.5, 0.6) is 0 Å². The Morgan fingerprint density at radius 2 is 1.85 bits per heavy atom. The highest BCUT2D eigenvalue weighted by atomic mass is 32.1. The fraction of sp³-hybridized carbons (Fsp3) is 0.273. The summed E-state index contributed by atoms with van der Waals surface area (Å²) in [5.41, 5.74) is 3.20. The van der Waals surface area contributed by atoms with Gasteiger partial charge in [0.1, 0.15) is 0 Å². The van der Waals surface area contributed by atoms with Crippen molar-refractivity contribution >= 4 is 22.4 Å². The Balaban J connectivity index is 1.57. The third-order valence-electron chi connectivity index (χ3n) is 4.80. The number of carbonyl (C=O) groups excluding carboxylic acids is 1. The van der Waals surface area contributed by atoms with Gasteiger partial charge in [-0.3, -0.25) is 9.69 Å². The Morgan fingerprint density at radius 1 is 1.11 bits per heavy atom. The number of carbonyl (C=O) groups is 1. The lowest BCUT2D eigenvalue weighted by molar-refractivity contribution is -0.122. The fourth-order valence-electron chi connectivity index (χ4n) is 3.27. The fourth-order valence-corrected chi connectivity index (χ4v) is 4.13. The maximum atomic E-state index is 13.1. The van der Waals surface area contributed by atoms with Crippen LogP contribution < -0.4 is 4.90 Å². The van der Waals surface area contributed by atoms with Crippen molar-refractivity contribution in [2.75, 3.05) is 24.7 Å². The monoisotopic (exact) mass is 378 g/mol. The highest BCUT2D eigenvalue weighted by Crippen LogP contribution is 2.29. The molecule has 2 heterocycles. The largest absolute Gasteiger partial charge is 0.381 e. The van der Waals surface area contributed by atoms with Gasteiger partial charge in [0.05, 0.1) is 18.2 Å². The first-order valence-corrected chi connectivity index (χ1v) is 10.1. The number of ether oxygens (including phenoxy) is 1. The standard InChI is InChI=1S/C22H22N2O2S/c25-21(19-12-14-26-15-19)24(13-11-17-7-3-1-4-8-17)22-23-20(16-27-22)18-9-5-2-6-10-18/h1-10,16,19H,11-15H2. The average Bonchev–Trinajstić information content (AvgIpc) is 3.42. The first-order valence-electron chi connectivity index (χ1n) is 9.25. The van der Waals surface area contributed by atoms with E-state index >= 15 is 0 Å². The smallest absolute Gasteiger partial charge is 0.234 e. The van der Waals surface area contributed by atoms with E-state index in [1.54, 1.807) is 0 Å². The molecule has 1 saturated heterocycles. The second-order valence-corrected chi connectivity index (χ2v) is 7.50. The molecule has 0 aliphatic carbocycles. The summed E-state index contributed by atoms with van der Waals surface area (Å²) in [6, 6.07) is 20.3. The molecule has 1 aromatic heterocycles. The van der Waals surface area contributed by atoms with Gasteiger partial charge in [0.15, 0.2) is 5.13 Å². The van der Waals surface area contributed by atoms with E-state index in [1.807, 2.05) is 58.8 Å². The van der Waals surface area contributed by atoms with E-state index in [4.69, 9.17) is 9.72 Å². The predicted octanol–water partition coefficient (Wildman–Crippen LogP) is 4.42. The summed E-state index contributed by atoms with van der Waals surface area (Å²) in [6.45, 7) is 1.80. The molecule has 27 heavy (non-hydrogen) atoms.